The number of aromatic nitrogens is 4. The van der Waals surface area contributed by atoms with Crippen molar-refractivity contribution in [2.45, 2.75) is 24.3 Å². The minimum absolute atomic E-state index is 0.154. The SMILES string of the molecule is CCc1cc(=O)[nH]c2nnc(SCc3cccc(Cl)c3)n12. The molecule has 3 rings (SSSR count). The lowest BCUT2D eigenvalue weighted by atomic mass is 10.2. The third kappa shape index (κ3) is 2.96. The number of thioether (sulfide) groups is 1. The quantitative estimate of drug-likeness (QED) is 0.751. The first kappa shape index (κ1) is 14.2. The van der Waals surface area contributed by atoms with Crippen molar-refractivity contribution in [3.05, 3.63) is 57.0 Å². The molecule has 0 aliphatic heterocycles. The second-order valence-electron chi connectivity index (χ2n) is 4.54. The first-order valence-electron chi connectivity index (χ1n) is 6.52. The second-order valence-corrected chi connectivity index (χ2v) is 5.92. The average Bonchev–Trinajstić information content (AvgIpc) is 2.87. The molecule has 0 atom stereocenters. The third-order valence-corrected chi connectivity index (χ3v) is 4.31. The summed E-state index contributed by atoms with van der Waals surface area (Å²) in [6, 6.07) is 9.31. The van der Waals surface area contributed by atoms with Crippen molar-refractivity contribution in [1.29, 1.82) is 0 Å². The van der Waals surface area contributed by atoms with Gasteiger partial charge in [-0.25, -0.2) is 0 Å². The van der Waals surface area contributed by atoms with Gasteiger partial charge in [-0.15, -0.1) is 10.2 Å². The van der Waals surface area contributed by atoms with Crippen LogP contribution >= 0.6 is 23.4 Å². The number of aromatic amines is 1. The summed E-state index contributed by atoms with van der Waals surface area (Å²) in [6.07, 6.45) is 0.739. The standard InChI is InChI=1S/C14H13ClN4OS/c1-2-11-7-12(20)16-13-17-18-14(19(11)13)21-8-9-4-3-5-10(15)6-9/h3-7H,2,8H2,1H3,(H,16,17,20). The molecule has 0 unspecified atom stereocenters. The van der Waals surface area contributed by atoms with E-state index in [1.165, 1.54) is 0 Å². The highest BCUT2D eigenvalue weighted by atomic mass is 35.5. The summed E-state index contributed by atoms with van der Waals surface area (Å²) in [4.78, 5) is 14.2. The average molecular weight is 321 g/mol. The molecule has 5 nitrogen and oxygen atoms in total. The monoisotopic (exact) mass is 320 g/mol. The number of halogens is 1. The van der Waals surface area contributed by atoms with Gasteiger partial charge in [-0.05, 0) is 24.1 Å². The molecule has 2 heterocycles. The van der Waals surface area contributed by atoms with Gasteiger partial charge in [0.25, 0.3) is 5.56 Å². The fraction of sp³-hybridized carbons (Fsp3) is 0.214. The van der Waals surface area contributed by atoms with Crippen LogP contribution in [-0.4, -0.2) is 19.6 Å². The van der Waals surface area contributed by atoms with E-state index in [1.807, 2.05) is 35.6 Å². The van der Waals surface area contributed by atoms with Gasteiger partial charge in [0.2, 0.25) is 5.78 Å². The van der Waals surface area contributed by atoms with Crippen LogP contribution in [0.25, 0.3) is 5.78 Å². The van der Waals surface area contributed by atoms with Crippen molar-refractivity contribution in [3.63, 3.8) is 0 Å². The van der Waals surface area contributed by atoms with E-state index in [0.717, 1.165) is 33.6 Å². The van der Waals surface area contributed by atoms with Gasteiger partial charge in [-0.1, -0.05) is 42.4 Å². The lowest BCUT2D eigenvalue weighted by Gasteiger charge is -2.05. The molecule has 7 heteroatoms. The first-order chi connectivity index (χ1) is 10.2. The van der Waals surface area contributed by atoms with Gasteiger partial charge in [0.1, 0.15) is 0 Å². The van der Waals surface area contributed by atoms with E-state index in [0.29, 0.717) is 5.78 Å². The van der Waals surface area contributed by atoms with Gasteiger partial charge in [0.05, 0.1) is 0 Å². The summed E-state index contributed by atoms with van der Waals surface area (Å²) in [5.74, 6) is 1.22. The largest absolute Gasteiger partial charge is 0.291 e. The molecule has 0 bridgehead atoms. The van der Waals surface area contributed by atoms with Crippen molar-refractivity contribution < 1.29 is 0 Å². The fourth-order valence-electron chi connectivity index (χ4n) is 2.10. The van der Waals surface area contributed by atoms with Crippen LogP contribution in [0.3, 0.4) is 0 Å². The first-order valence-corrected chi connectivity index (χ1v) is 7.88. The van der Waals surface area contributed by atoms with E-state index < -0.39 is 0 Å². The fourth-order valence-corrected chi connectivity index (χ4v) is 3.22. The van der Waals surface area contributed by atoms with Crippen LogP contribution in [0.4, 0.5) is 0 Å². The maximum Gasteiger partial charge on any atom is 0.252 e. The Hall–Kier alpha value is -1.79. The Bertz CT molecular complexity index is 842. The molecule has 0 aliphatic rings. The number of benzene rings is 1. The number of nitrogens with one attached hydrogen (secondary N) is 1. The molecule has 0 radical (unpaired) electrons. The number of nitrogens with zero attached hydrogens (tertiary/aromatic N) is 3. The zero-order valence-electron chi connectivity index (χ0n) is 11.3. The summed E-state index contributed by atoms with van der Waals surface area (Å²) in [7, 11) is 0. The summed E-state index contributed by atoms with van der Waals surface area (Å²) < 4.78 is 1.89. The minimum atomic E-state index is -0.154. The summed E-state index contributed by atoms with van der Waals surface area (Å²) >= 11 is 7.55. The number of fused-ring (bicyclic) bond motifs is 1. The van der Waals surface area contributed by atoms with Crippen molar-refractivity contribution in [3.8, 4) is 0 Å². The van der Waals surface area contributed by atoms with Crippen molar-refractivity contribution >= 4 is 29.1 Å². The molecule has 21 heavy (non-hydrogen) atoms. The molecule has 1 aromatic carbocycles. The molecule has 3 aromatic rings. The molecule has 0 aliphatic carbocycles. The lowest BCUT2D eigenvalue weighted by molar-refractivity contribution is 0.850. The predicted molar refractivity (Wildman–Crippen MR) is 84.0 cm³/mol. The summed E-state index contributed by atoms with van der Waals surface area (Å²) in [6.45, 7) is 2.00. The Kier molecular flexibility index (Phi) is 3.98. The molecule has 0 amide bonds. The van der Waals surface area contributed by atoms with E-state index in [9.17, 15) is 4.79 Å². The van der Waals surface area contributed by atoms with E-state index >= 15 is 0 Å². The Balaban J connectivity index is 1.92. The van der Waals surface area contributed by atoms with Gasteiger partial charge in [0, 0.05) is 22.5 Å². The van der Waals surface area contributed by atoms with E-state index in [4.69, 9.17) is 11.6 Å². The Morgan fingerprint density at radius 2 is 2.19 bits per heavy atom. The topological polar surface area (TPSA) is 63.0 Å². The van der Waals surface area contributed by atoms with Gasteiger partial charge in [0.15, 0.2) is 5.16 Å². The molecular weight excluding hydrogens is 308 g/mol. The molecular formula is C14H13ClN4OS. The van der Waals surface area contributed by atoms with E-state index in [-0.39, 0.29) is 5.56 Å². The van der Waals surface area contributed by atoms with Crippen molar-refractivity contribution in [2.24, 2.45) is 0 Å². The normalized spacial score (nSPS) is 11.1. The van der Waals surface area contributed by atoms with Crippen LogP contribution in [0, 0.1) is 0 Å². The highest BCUT2D eigenvalue weighted by Gasteiger charge is 2.11. The highest BCUT2D eigenvalue weighted by Crippen LogP contribution is 2.23. The van der Waals surface area contributed by atoms with Crippen LogP contribution in [0.5, 0.6) is 0 Å². The molecule has 0 saturated heterocycles. The van der Waals surface area contributed by atoms with Crippen LogP contribution in [-0.2, 0) is 12.2 Å². The minimum Gasteiger partial charge on any atom is -0.291 e. The number of rotatable bonds is 4. The predicted octanol–water partition coefficient (Wildman–Crippen LogP) is 2.93. The smallest absolute Gasteiger partial charge is 0.252 e. The maximum absolute atomic E-state index is 11.5. The van der Waals surface area contributed by atoms with Crippen LogP contribution in [0.2, 0.25) is 5.02 Å². The van der Waals surface area contributed by atoms with E-state index in [1.54, 1.807) is 17.8 Å². The zero-order valence-corrected chi connectivity index (χ0v) is 12.9. The lowest BCUT2D eigenvalue weighted by Crippen LogP contribution is -2.11. The van der Waals surface area contributed by atoms with Crippen LogP contribution in [0.1, 0.15) is 18.2 Å². The third-order valence-electron chi connectivity index (χ3n) is 3.07. The van der Waals surface area contributed by atoms with Gasteiger partial charge in [-0.3, -0.25) is 14.2 Å². The van der Waals surface area contributed by atoms with Crippen molar-refractivity contribution in [1.82, 2.24) is 19.6 Å². The Morgan fingerprint density at radius 1 is 1.33 bits per heavy atom. The summed E-state index contributed by atoms with van der Waals surface area (Å²) in [5, 5.41) is 9.67. The van der Waals surface area contributed by atoms with Gasteiger partial charge in [-0.2, -0.15) is 0 Å². The number of hydrogen-bond acceptors (Lipinski definition) is 4. The van der Waals surface area contributed by atoms with Crippen LogP contribution < -0.4 is 5.56 Å². The van der Waals surface area contributed by atoms with Gasteiger partial charge >= 0.3 is 0 Å². The number of aryl methyl sites for hydroxylation is 1. The molecule has 0 fully saturated rings. The molecule has 2 aromatic heterocycles. The van der Waals surface area contributed by atoms with Gasteiger partial charge < -0.3 is 0 Å². The summed E-state index contributed by atoms with van der Waals surface area (Å²) in [5.41, 5.74) is 1.86. The number of hydrogen-bond donors (Lipinski definition) is 1. The zero-order chi connectivity index (χ0) is 14.8. The Labute approximate surface area is 130 Å². The highest BCUT2D eigenvalue weighted by molar-refractivity contribution is 7.98. The van der Waals surface area contributed by atoms with E-state index in [2.05, 4.69) is 15.2 Å². The molecule has 0 spiro atoms. The maximum atomic E-state index is 11.5. The second kappa shape index (κ2) is 5.91. The Morgan fingerprint density at radius 3 is 2.95 bits per heavy atom. The molecule has 0 saturated carbocycles. The number of H-pyrrole nitrogens is 1. The van der Waals surface area contributed by atoms with Crippen molar-refractivity contribution in [2.75, 3.05) is 0 Å². The molecule has 1 N–H and O–H groups in total. The molecule has 108 valence electrons. The van der Waals surface area contributed by atoms with Crippen LogP contribution in [0.15, 0.2) is 40.3 Å².